The third-order valence-electron chi connectivity index (χ3n) is 2.86. The first kappa shape index (κ1) is 13.6. The van der Waals surface area contributed by atoms with Crippen LogP contribution in [-0.2, 0) is 9.53 Å². The molecule has 1 aliphatic rings. The number of rotatable bonds is 3. The summed E-state index contributed by atoms with van der Waals surface area (Å²) in [5, 5.41) is 5.08. The Morgan fingerprint density at radius 1 is 1.42 bits per heavy atom. The lowest BCUT2D eigenvalue weighted by molar-refractivity contribution is -0.144. The molecule has 0 aromatic heterocycles. The maximum Gasteiger partial charge on any atom is 0.331 e. The molecule has 5 nitrogen and oxygen atoms in total. The Labute approximate surface area is 114 Å². The highest BCUT2D eigenvalue weighted by Gasteiger charge is 2.52. The molecule has 0 atom stereocenters. The average Bonchev–Trinajstić information content (AvgIpc) is 3.13. The minimum atomic E-state index is -0.978. The van der Waals surface area contributed by atoms with Gasteiger partial charge in [-0.25, -0.2) is 14.0 Å². The summed E-state index contributed by atoms with van der Waals surface area (Å²) in [6.45, 7) is 0. The number of hydrogen-bond acceptors (Lipinski definition) is 3. The second-order valence-electron chi connectivity index (χ2n) is 4.28. The number of hydrogen-bond donors (Lipinski definition) is 2. The van der Waals surface area contributed by atoms with E-state index in [1.54, 1.807) is 0 Å². The predicted molar refractivity (Wildman–Crippen MR) is 67.5 cm³/mol. The second-order valence-corrected chi connectivity index (χ2v) is 4.71. The predicted octanol–water partition coefficient (Wildman–Crippen LogP) is 2.31. The van der Waals surface area contributed by atoms with Crippen molar-refractivity contribution in [3.63, 3.8) is 0 Å². The van der Waals surface area contributed by atoms with Gasteiger partial charge in [-0.05, 0) is 31.0 Å². The van der Waals surface area contributed by atoms with E-state index in [1.165, 1.54) is 19.2 Å². The molecule has 0 saturated heterocycles. The van der Waals surface area contributed by atoms with Crippen molar-refractivity contribution in [3.05, 3.63) is 29.0 Å². The molecule has 1 aliphatic carbocycles. The van der Waals surface area contributed by atoms with Crippen LogP contribution in [0.4, 0.5) is 14.9 Å². The SMILES string of the molecule is COC(=O)C1(NC(=O)Nc2cc(Cl)ccc2F)CC1. The standard InChI is InChI=1S/C12H12ClFN2O3/c1-19-10(17)12(4-5-12)16-11(18)15-9-6-7(13)2-3-8(9)14/h2-3,6H,4-5H2,1H3,(H2,15,16,18). The third kappa shape index (κ3) is 2.96. The smallest absolute Gasteiger partial charge is 0.331 e. The lowest BCUT2D eigenvalue weighted by atomic mass is 10.3. The van der Waals surface area contributed by atoms with Gasteiger partial charge in [-0.2, -0.15) is 0 Å². The number of urea groups is 1. The quantitative estimate of drug-likeness (QED) is 0.838. The monoisotopic (exact) mass is 286 g/mol. The Hall–Kier alpha value is -1.82. The van der Waals surface area contributed by atoms with Crippen LogP contribution in [-0.4, -0.2) is 24.6 Å². The molecule has 7 heteroatoms. The van der Waals surface area contributed by atoms with Crippen molar-refractivity contribution in [1.82, 2.24) is 5.32 Å². The van der Waals surface area contributed by atoms with Gasteiger partial charge in [0.2, 0.25) is 0 Å². The van der Waals surface area contributed by atoms with Crippen LogP contribution in [0, 0.1) is 5.82 Å². The summed E-state index contributed by atoms with van der Waals surface area (Å²) < 4.78 is 18.0. The molecule has 0 radical (unpaired) electrons. The fraction of sp³-hybridized carbons (Fsp3) is 0.333. The minimum absolute atomic E-state index is 0.0503. The largest absolute Gasteiger partial charge is 0.467 e. The first-order valence-electron chi connectivity index (χ1n) is 5.59. The third-order valence-corrected chi connectivity index (χ3v) is 3.09. The molecule has 1 fully saturated rings. The summed E-state index contributed by atoms with van der Waals surface area (Å²) >= 11 is 5.71. The van der Waals surface area contributed by atoms with Crippen molar-refractivity contribution in [1.29, 1.82) is 0 Å². The number of anilines is 1. The van der Waals surface area contributed by atoms with Gasteiger partial charge in [0, 0.05) is 5.02 Å². The molecule has 102 valence electrons. The van der Waals surface area contributed by atoms with Gasteiger partial charge in [-0.1, -0.05) is 11.6 Å². The average molecular weight is 287 g/mol. The van der Waals surface area contributed by atoms with Crippen molar-refractivity contribution >= 4 is 29.3 Å². The van der Waals surface area contributed by atoms with Crippen LogP contribution in [0.5, 0.6) is 0 Å². The highest BCUT2D eigenvalue weighted by molar-refractivity contribution is 6.30. The summed E-state index contributed by atoms with van der Waals surface area (Å²) in [7, 11) is 1.25. The zero-order valence-corrected chi connectivity index (χ0v) is 10.9. The minimum Gasteiger partial charge on any atom is -0.467 e. The normalized spacial score (nSPS) is 15.5. The number of carbonyl (C=O) groups excluding carboxylic acids is 2. The van der Waals surface area contributed by atoms with Crippen molar-refractivity contribution in [2.24, 2.45) is 0 Å². The molecule has 2 N–H and O–H groups in total. The van der Waals surface area contributed by atoms with E-state index in [1.807, 2.05) is 0 Å². The topological polar surface area (TPSA) is 67.4 Å². The summed E-state index contributed by atoms with van der Waals surface area (Å²) in [5.41, 5.74) is -1.03. The van der Waals surface area contributed by atoms with Gasteiger partial charge in [-0.15, -0.1) is 0 Å². The maximum absolute atomic E-state index is 13.4. The van der Waals surface area contributed by atoms with Crippen LogP contribution in [0.3, 0.4) is 0 Å². The second kappa shape index (κ2) is 5.05. The highest BCUT2D eigenvalue weighted by atomic mass is 35.5. The molecular weight excluding hydrogens is 275 g/mol. The molecule has 0 bridgehead atoms. The fourth-order valence-corrected chi connectivity index (χ4v) is 1.84. The van der Waals surface area contributed by atoms with Gasteiger partial charge in [-0.3, -0.25) is 0 Å². The summed E-state index contributed by atoms with van der Waals surface area (Å²) in [6.07, 6.45) is 1.01. The van der Waals surface area contributed by atoms with E-state index in [-0.39, 0.29) is 5.69 Å². The summed E-state index contributed by atoms with van der Waals surface area (Å²) in [6, 6.07) is 3.12. The number of esters is 1. The van der Waals surface area contributed by atoms with E-state index in [9.17, 15) is 14.0 Å². The highest BCUT2D eigenvalue weighted by Crippen LogP contribution is 2.36. The van der Waals surface area contributed by atoms with Crippen LogP contribution in [0.15, 0.2) is 18.2 Å². The van der Waals surface area contributed by atoms with Crippen molar-refractivity contribution < 1.29 is 18.7 Å². The molecule has 2 rings (SSSR count). The molecular formula is C12H12ClFN2O3. The van der Waals surface area contributed by atoms with Gasteiger partial charge in [0.1, 0.15) is 11.4 Å². The van der Waals surface area contributed by atoms with Gasteiger partial charge in [0.15, 0.2) is 0 Å². The fourth-order valence-electron chi connectivity index (χ4n) is 1.66. The number of amides is 2. The molecule has 19 heavy (non-hydrogen) atoms. The molecule has 2 amide bonds. The molecule has 0 heterocycles. The molecule has 0 unspecified atom stereocenters. The van der Waals surface area contributed by atoms with Crippen molar-refractivity contribution in [3.8, 4) is 0 Å². The maximum atomic E-state index is 13.4. The number of carbonyl (C=O) groups is 2. The summed E-state index contributed by atoms with van der Waals surface area (Å²) in [4.78, 5) is 23.2. The number of benzene rings is 1. The number of nitrogens with one attached hydrogen (secondary N) is 2. The lowest BCUT2D eigenvalue weighted by Gasteiger charge is -2.15. The van der Waals surface area contributed by atoms with Crippen LogP contribution < -0.4 is 10.6 Å². The number of ether oxygens (including phenoxy) is 1. The van der Waals surface area contributed by atoms with E-state index in [0.717, 1.165) is 6.07 Å². The van der Waals surface area contributed by atoms with Gasteiger partial charge >= 0.3 is 12.0 Å². The van der Waals surface area contributed by atoms with Crippen LogP contribution in [0.1, 0.15) is 12.8 Å². The van der Waals surface area contributed by atoms with Crippen LogP contribution in [0.25, 0.3) is 0 Å². The zero-order chi connectivity index (χ0) is 14.0. The molecule has 1 aromatic rings. The van der Waals surface area contributed by atoms with E-state index in [0.29, 0.717) is 17.9 Å². The zero-order valence-electron chi connectivity index (χ0n) is 10.1. The van der Waals surface area contributed by atoms with Crippen molar-refractivity contribution in [2.75, 3.05) is 12.4 Å². The first-order valence-corrected chi connectivity index (χ1v) is 5.97. The molecule has 0 spiro atoms. The Morgan fingerprint density at radius 3 is 2.68 bits per heavy atom. The Morgan fingerprint density at radius 2 is 2.11 bits per heavy atom. The Balaban J connectivity index is 2.02. The van der Waals surface area contributed by atoms with Gasteiger partial charge < -0.3 is 15.4 Å². The molecule has 0 aliphatic heterocycles. The lowest BCUT2D eigenvalue weighted by Crippen LogP contribution is -2.45. The molecule has 1 aromatic carbocycles. The van der Waals surface area contributed by atoms with E-state index in [2.05, 4.69) is 15.4 Å². The van der Waals surface area contributed by atoms with Crippen molar-refractivity contribution in [2.45, 2.75) is 18.4 Å². The number of methoxy groups -OCH3 is 1. The van der Waals surface area contributed by atoms with Crippen LogP contribution in [0.2, 0.25) is 5.02 Å². The van der Waals surface area contributed by atoms with Gasteiger partial charge in [0.25, 0.3) is 0 Å². The van der Waals surface area contributed by atoms with E-state index < -0.39 is 23.4 Å². The summed E-state index contributed by atoms with van der Waals surface area (Å²) in [5.74, 6) is -1.11. The Bertz CT molecular complexity index is 532. The molecule has 1 saturated carbocycles. The van der Waals surface area contributed by atoms with E-state index >= 15 is 0 Å². The van der Waals surface area contributed by atoms with E-state index in [4.69, 9.17) is 11.6 Å². The Kier molecular flexibility index (Phi) is 3.61. The number of halogens is 2. The van der Waals surface area contributed by atoms with Crippen LogP contribution >= 0.6 is 11.6 Å². The first-order chi connectivity index (χ1) is 8.97. The van der Waals surface area contributed by atoms with Gasteiger partial charge in [0.05, 0.1) is 12.8 Å².